The Morgan fingerprint density at radius 2 is 2.10 bits per heavy atom. The van der Waals surface area contributed by atoms with Gasteiger partial charge in [0.15, 0.2) is 0 Å². The average molecular weight is 268 g/mol. The number of fused-ring (bicyclic) bond motifs is 1. The van der Waals surface area contributed by atoms with E-state index in [9.17, 15) is 5.11 Å². The Kier molecular flexibility index (Phi) is 3.36. The molecule has 3 heteroatoms. The number of hydrogen-bond donors (Lipinski definition) is 2. The van der Waals surface area contributed by atoms with E-state index in [4.69, 9.17) is 5.73 Å². The topological polar surface area (TPSA) is 49.5 Å². The zero-order valence-corrected chi connectivity index (χ0v) is 11.7. The van der Waals surface area contributed by atoms with Crippen molar-refractivity contribution in [2.24, 2.45) is 5.73 Å². The maximum atomic E-state index is 9.55. The van der Waals surface area contributed by atoms with E-state index in [1.54, 1.807) is 6.07 Å². The van der Waals surface area contributed by atoms with E-state index in [2.05, 4.69) is 23.1 Å². The molecule has 1 heterocycles. The molecule has 0 fully saturated rings. The number of aromatic hydroxyl groups is 1. The smallest absolute Gasteiger partial charge is 0.115 e. The van der Waals surface area contributed by atoms with Crippen molar-refractivity contribution in [3.05, 3.63) is 59.2 Å². The summed E-state index contributed by atoms with van der Waals surface area (Å²) in [6.07, 6.45) is 1.06. The van der Waals surface area contributed by atoms with Gasteiger partial charge < -0.3 is 15.7 Å². The molecule has 3 nitrogen and oxygen atoms in total. The monoisotopic (exact) mass is 268 g/mol. The van der Waals surface area contributed by atoms with Gasteiger partial charge in [0, 0.05) is 24.8 Å². The molecule has 0 amide bonds. The SMILES string of the molecule is CC(N)c1ccc2c(c1)CCN2Cc1cccc(O)c1. The number of phenols is 1. The average Bonchev–Trinajstić information content (AvgIpc) is 2.81. The van der Waals surface area contributed by atoms with Gasteiger partial charge >= 0.3 is 0 Å². The van der Waals surface area contributed by atoms with Crippen LogP contribution in [-0.4, -0.2) is 11.7 Å². The van der Waals surface area contributed by atoms with E-state index in [1.807, 2.05) is 25.1 Å². The van der Waals surface area contributed by atoms with Crippen LogP contribution >= 0.6 is 0 Å². The highest BCUT2D eigenvalue weighted by atomic mass is 16.3. The van der Waals surface area contributed by atoms with Crippen molar-refractivity contribution in [1.82, 2.24) is 0 Å². The zero-order valence-electron chi connectivity index (χ0n) is 11.7. The van der Waals surface area contributed by atoms with Crippen LogP contribution < -0.4 is 10.6 Å². The minimum atomic E-state index is 0.0837. The second kappa shape index (κ2) is 5.17. The molecular formula is C17H20N2O. The van der Waals surface area contributed by atoms with E-state index in [0.29, 0.717) is 5.75 Å². The molecule has 2 aromatic carbocycles. The van der Waals surface area contributed by atoms with Crippen LogP contribution in [0.2, 0.25) is 0 Å². The lowest BCUT2D eigenvalue weighted by Gasteiger charge is -2.20. The molecule has 1 aliphatic heterocycles. The lowest BCUT2D eigenvalue weighted by molar-refractivity contribution is 0.474. The third-order valence-corrected chi connectivity index (χ3v) is 3.91. The normalized spacial score (nSPS) is 15.2. The number of phenolic OH excluding ortho intramolecular Hbond substituents is 1. The van der Waals surface area contributed by atoms with Gasteiger partial charge in [0.1, 0.15) is 5.75 Å². The summed E-state index contributed by atoms with van der Waals surface area (Å²) < 4.78 is 0. The first kappa shape index (κ1) is 13.0. The van der Waals surface area contributed by atoms with Crippen LogP contribution in [0.5, 0.6) is 5.75 Å². The number of rotatable bonds is 3. The van der Waals surface area contributed by atoms with Crippen LogP contribution in [-0.2, 0) is 13.0 Å². The van der Waals surface area contributed by atoms with Crippen LogP contribution in [0.1, 0.15) is 29.7 Å². The second-order valence-corrected chi connectivity index (χ2v) is 5.52. The molecule has 0 radical (unpaired) electrons. The van der Waals surface area contributed by atoms with Gasteiger partial charge in [-0.2, -0.15) is 0 Å². The van der Waals surface area contributed by atoms with Crippen molar-refractivity contribution in [3.8, 4) is 5.75 Å². The Labute approximate surface area is 119 Å². The van der Waals surface area contributed by atoms with E-state index in [-0.39, 0.29) is 6.04 Å². The minimum absolute atomic E-state index is 0.0837. The first-order valence-corrected chi connectivity index (χ1v) is 7.05. The molecule has 3 rings (SSSR count). The number of nitrogens with two attached hydrogens (primary N) is 1. The van der Waals surface area contributed by atoms with Crippen LogP contribution in [0.25, 0.3) is 0 Å². The van der Waals surface area contributed by atoms with Crippen molar-refractivity contribution >= 4 is 5.69 Å². The summed E-state index contributed by atoms with van der Waals surface area (Å²) in [5.74, 6) is 0.328. The minimum Gasteiger partial charge on any atom is -0.508 e. The van der Waals surface area contributed by atoms with Crippen molar-refractivity contribution in [1.29, 1.82) is 0 Å². The van der Waals surface area contributed by atoms with Crippen molar-refractivity contribution in [2.45, 2.75) is 25.9 Å². The third-order valence-electron chi connectivity index (χ3n) is 3.91. The van der Waals surface area contributed by atoms with Gasteiger partial charge in [0.2, 0.25) is 0 Å². The highest BCUT2D eigenvalue weighted by Crippen LogP contribution is 2.31. The third kappa shape index (κ3) is 2.49. The number of anilines is 1. The van der Waals surface area contributed by atoms with Crippen LogP contribution in [0.4, 0.5) is 5.69 Å². The largest absolute Gasteiger partial charge is 0.508 e. The highest BCUT2D eigenvalue weighted by Gasteiger charge is 2.19. The maximum Gasteiger partial charge on any atom is 0.115 e. The highest BCUT2D eigenvalue weighted by molar-refractivity contribution is 5.59. The fourth-order valence-corrected chi connectivity index (χ4v) is 2.81. The van der Waals surface area contributed by atoms with Gasteiger partial charge in [-0.05, 0) is 48.2 Å². The van der Waals surface area contributed by atoms with Gasteiger partial charge in [0.25, 0.3) is 0 Å². The molecule has 104 valence electrons. The second-order valence-electron chi connectivity index (χ2n) is 5.52. The summed E-state index contributed by atoms with van der Waals surface area (Å²) in [5.41, 5.74) is 10.9. The summed E-state index contributed by atoms with van der Waals surface area (Å²) >= 11 is 0. The summed E-state index contributed by atoms with van der Waals surface area (Å²) in [7, 11) is 0. The molecule has 0 bridgehead atoms. The standard InChI is InChI=1S/C17H20N2O/c1-12(18)14-5-6-17-15(10-14)7-8-19(17)11-13-3-2-4-16(20)9-13/h2-6,9-10,12,20H,7-8,11,18H2,1H3. The van der Waals surface area contributed by atoms with Gasteiger partial charge in [-0.3, -0.25) is 0 Å². The van der Waals surface area contributed by atoms with Gasteiger partial charge in [0.05, 0.1) is 0 Å². The van der Waals surface area contributed by atoms with Gasteiger partial charge in [-0.25, -0.2) is 0 Å². The molecule has 0 aromatic heterocycles. The summed E-state index contributed by atoms with van der Waals surface area (Å²) in [4.78, 5) is 2.36. The maximum absolute atomic E-state index is 9.55. The van der Waals surface area contributed by atoms with E-state index >= 15 is 0 Å². The Morgan fingerprint density at radius 1 is 1.25 bits per heavy atom. The Morgan fingerprint density at radius 3 is 2.85 bits per heavy atom. The van der Waals surface area contributed by atoms with E-state index in [0.717, 1.165) is 25.1 Å². The first-order chi connectivity index (χ1) is 9.63. The molecule has 20 heavy (non-hydrogen) atoms. The number of hydrogen-bond acceptors (Lipinski definition) is 3. The first-order valence-electron chi connectivity index (χ1n) is 7.05. The number of benzene rings is 2. The Hall–Kier alpha value is -2.00. The van der Waals surface area contributed by atoms with Gasteiger partial charge in [-0.1, -0.05) is 24.3 Å². The van der Waals surface area contributed by atoms with Crippen LogP contribution in [0.3, 0.4) is 0 Å². The summed E-state index contributed by atoms with van der Waals surface area (Å²) in [6, 6.07) is 14.1. The quantitative estimate of drug-likeness (QED) is 0.899. The summed E-state index contributed by atoms with van der Waals surface area (Å²) in [6.45, 7) is 3.87. The molecule has 2 aromatic rings. The van der Waals surface area contributed by atoms with Crippen LogP contribution in [0, 0.1) is 0 Å². The molecule has 1 atom stereocenters. The van der Waals surface area contributed by atoms with Crippen molar-refractivity contribution in [3.63, 3.8) is 0 Å². The molecule has 1 unspecified atom stereocenters. The van der Waals surface area contributed by atoms with E-state index < -0.39 is 0 Å². The van der Waals surface area contributed by atoms with E-state index in [1.165, 1.54) is 16.8 Å². The fourth-order valence-electron chi connectivity index (χ4n) is 2.81. The Bertz CT molecular complexity index is 622. The lowest BCUT2D eigenvalue weighted by Crippen LogP contribution is -2.19. The van der Waals surface area contributed by atoms with Crippen LogP contribution in [0.15, 0.2) is 42.5 Å². The molecule has 1 aliphatic rings. The molecule has 0 aliphatic carbocycles. The molecule has 0 saturated carbocycles. The predicted molar refractivity (Wildman–Crippen MR) is 81.9 cm³/mol. The molecule has 0 saturated heterocycles. The summed E-state index contributed by atoms with van der Waals surface area (Å²) in [5, 5.41) is 9.55. The lowest BCUT2D eigenvalue weighted by atomic mass is 10.0. The molecule has 0 spiro atoms. The van der Waals surface area contributed by atoms with Crippen molar-refractivity contribution in [2.75, 3.05) is 11.4 Å². The Balaban J connectivity index is 1.83. The van der Waals surface area contributed by atoms with Gasteiger partial charge in [-0.15, -0.1) is 0 Å². The predicted octanol–water partition coefficient (Wildman–Crippen LogP) is 2.97. The zero-order chi connectivity index (χ0) is 14.1. The van der Waals surface area contributed by atoms with Crippen molar-refractivity contribution < 1.29 is 5.11 Å². The fraction of sp³-hybridized carbons (Fsp3) is 0.294. The number of nitrogens with zero attached hydrogens (tertiary/aromatic N) is 1. The molecule has 3 N–H and O–H groups in total. The molecular weight excluding hydrogens is 248 g/mol.